The molecule has 0 saturated carbocycles. The van der Waals surface area contributed by atoms with Gasteiger partial charge in [-0.3, -0.25) is 4.79 Å². The van der Waals surface area contributed by atoms with Gasteiger partial charge in [0.15, 0.2) is 0 Å². The van der Waals surface area contributed by atoms with Gasteiger partial charge in [0.1, 0.15) is 5.78 Å². The molecule has 0 aliphatic rings. The van der Waals surface area contributed by atoms with Crippen molar-refractivity contribution >= 4 is 29.3 Å². The molecule has 0 aromatic heterocycles. The van der Waals surface area contributed by atoms with Gasteiger partial charge in [-0.05, 0) is 0 Å². The van der Waals surface area contributed by atoms with Gasteiger partial charge < -0.3 is 0 Å². The lowest BCUT2D eigenvalue weighted by atomic mass is 9.40. The summed E-state index contributed by atoms with van der Waals surface area (Å²) >= 11 is 0. The minimum Gasteiger partial charge on any atom is -0.296 e. The molecule has 0 aliphatic carbocycles. The quantitative estimate of drug-likeness (QED) is 0.441. The highest BCUT2D eigenvalue weighted by Crippen LogP contribution is 2.16. The lowest BCUT2D eigenvalue weighted by Gasteiger charge is -2.17. The second-order valence-electron chi connectivity index (χ2n) is 2.63. The van der Waals surface area contributed by atoms with Crippen LogP contribution in [0.4, 0.5) is 0 Å². The summed E-state index contributed by atoms with van der Waals surface area (Å²) in [4.78, 5) is 11.3. The molecule has 0 unspecified atom stereocenters. The summed E-state index contributed by atoms with van der Waals surface area (Å²) in [6.07, 6.45) is 0. The molecule has 12 heavy (non-hydrogen) atoms. The van der Waals surface area contributed by atoms with E-state index in [1.807, 2.05) is 0 Å². The van der Waals surface area contributed by atoms with Crippen molar-refractivity contribution < 1.29 is 4.79 Å². The van der Waals surface area contributed by atoms with Crippen molar-refractivity contribution in [2.24, 2.45) is 0 Å². The maximum atomic E-state index is 11.3. The Balaban J connectivity index is 2.94. The summed E-state index contributed by atoms with van der Waals surface area (Å²) in [6.45, 7) is 0. The highest BCUT2D eigenvalue weighted by Gasteiger charge is 2.20. The fourth-order valence-electron chi connectivity index (χ4n) is 0.840. The Morgan fingerprint density at radius 3 is 2.00 bits per heavy atom. The van der Waals surface area contributed by atoms with E-state index < -0.39 is 10.9 Å². The van der Waals surface area contributed by atoms with Gasteiger partial charge in [0.25, 0.3) is 0 Å². The molecule has 0 bridgehead atoms. The molecule has 1 aromatic rings. The van der Waals surface area contributed by atoms with E-state index in [4.69, 9.17) is 23.5 Å². The van der Waals surface area contributed by atoms with Gasteiger partial charge >= 0.3 is 0 Å². The Kier molecular flexibility index (Phi) is 2.46. The summed E-state index contributed by atoms with van der Waals surface area (Å²) in [7, 11) is 15.7. The Bertz CT molecular complexity index is 276. The highest BCUT2D eigenvalue weighted by atomic mass is 16.1. The van der Waals surface area contributed by atoms with Crippen LogP contribution in [-0.2, 0) is 0 Å². The van der Waals surface area contributed by atoms with Crippen LogP contribution in [0.25, 0.3) is 0 Å². The molecule has 6 radical (unpaired) electrons. The molecule has 0 N–H and O–H groups in total. The second-order valence-corrected chi connectivity index (χ2v) is 2.63. The van der Waals surface area contributed by atoms with Crippen LogP contribution in [0.5, 0.6) is 0 Å². The molecule has 4 heteroatoms. The summed E-state index contributed by atoms with van der Waals surface area (Å²) in [5.41, 5.74) is 0.421. The third-order valence-corrected chi connectivity index (χ3v) is 1.43. The number of hydrogen-bond acceptors (Lipinski definition) is 1. The van der Waals surface area contributed by atoms with Gasteiger partial charge in [-0.25, -0.2) is 0 Å². The number of Topliss-reactive ketones (excluding diaryl/α,β-unsaturated/α-hetero) is 1. The molecule has 1 rings (SSSR count). The third-order valence-electron chi connectivity index (χ3n) is 1.43. The van der Waals surface area contributed by atoms with Crippen LogP contribution in [0.2, 0.25) is 5.11 Å². The zero-order chi connectivity index (χ0) is 9.19. The predicted molar refractivity (Wildman–Crippen MR) is 50.7 cm³/mol. The summed E-state index contributed by atoms with van der Waals surface area (Å²) < 4.78 is 0. The van der Waals surface area contributed by atoms with E-state index in [1.54, 1.807) is 30.3 Å². The molecular weight excluding hydrogens is 145 g/mol. The average Bonchev–Trinajstić information content (AvgIpc) is 2.03. The second kappa shape index (κ2) is 3.22. The van der Waals surface area contributed by atoms with Crippen molar-refractivity contribution in [3.63, 3.8) is 0 Å². The van der Waals surface area contributed by atoms with Gasteiger partial charge in [-0.15, -0.1) is 0 Å². The number of rotatable bonds is 2. The van der Waals surface area contributed by atoms with Crippen LogP contribution in [0.15, 0.2) is 30.3 Å². The van der Waals surface area contributed by atoms with E-state index in [1.165, 1.54) is 0 Å². The maximum absolute atomic E-state index is 11.3. The van der Waals surface area contributed by atoms with Crippen LogP contribution in [0, 0.1) is 0 Å². The first-order valence-corrected chi connectivity index (χ1v) is 3.48. The number of benzene rings is 1. The van der Waals surface area contributed by atoms with Crippen LogP contribution >= 0.6 is 0 Å². The maximum Gasteiger partial charge on any atom is 0.144 e. The molecule has 0 aliphatic heterocycles. The minimum absolute atomic E-state index is 0.421. The fourth-order valence-corrected chi connectivity index (χ4v) is 0.840. The highest BCUT2D eigenvalue weighted by molar-refractivity contribution is 6.70. The minimum atomic E-state index is -1.78. The van der Waals surface area contributed by atoms with Crippen LogP contribution < -0.4 is 0 Å². The van der Waals surface area contributed by atoms with E-state index in [0.717, 1.165) is 0 Å². The zero-order valence-electron chi connectivity index (χ0n) is 6.53. The third kappa shape index (κ3) is 2.03. The lowest BCUT2D eigenvalue weighted by molar-refractivity contribution is 0.0993. The van der Waals surface area contributed by atoms with Gasteiger partial charge in [-0.2, -0.15) is 0 Å². The molecule has 0 spiro atoms. The monoisotopic (exact) mass is 150 g/mol. The summed E-state index contributed by atoms with van der Waals surface area (Å²) in [6, 6.07) is 8.47. The zero-order valence-corrected chi connectivity index (χ0v) is 6.53. The van der Waals surface area contributed by atoms with Gasteiger partial charge in [-0.1, -0.05) is 35.4 Å². The van der Waals surface area contributed by atoms with Crippen molar-refractivity contribution in [3.8, 4) is 0 Å². The first-order valence-electron chi connectivity index (χ1n) is 3.48. The molecule has 0 fully saturated rings. The Hall–Kier alpha value is -0.915. The van der Waals surface area contributed by atoms with E-state index in [2.05, 4.69) is 0 Å². The first kappa shape index (κ1) is 9.18. The number of carbonyl (C=O) groups excluding carboxylic acids is 1. The number of hydrogen-bond donors (Lipinski definition) is 0. The van der Waals surface area contributed by atoms with Crippen molar-refractivity contribution in [2.75, 3.05) is 0 Å². The van der Waals surface area contributed by atoms with Crippen molar-refractivity contribution in [2.45, 2.75) is 5.11 Å². The van der Waals surface area contributed by atoms with Crippen LogP contribution in [0.3, 0.4) is 0 Å². The van der Waals surface area contributed by atoms with Gasteiger partial charge in [0, 0.05) is 5.56 Å². The Labute approximate surface area is 75.8 Å². The topological polar surface area (TPSA) is 17.1 Å². The molecular formula is C8H5B3O. The van der Waals surface area contributed by atoms with E-state index in [9.17, 15) is 4.79 Å². The fraction of sp³-hybridized carbons (Fsp3) is 0.125. The van der Waals surface area contributed by atoms with Crippen molar-refractivity contribution in [3.05, 3.63) is 35.9 Å². The van der Waals surface area contributed by atoms with Crippen LogP contribution in [0.1, 0.15) is 10.4 Å². The van der Waals surface area contributed by atoms with E-state index >= 15 is 0 Å². The molecule has 1 aromatic carbocycles. The predicted octanol–water partition coefficient (Wildman–Crippen LogP) is 0.448. The van der Waals surface area contributed by atoms with E-state index in [-0.39, 0.29) is 0 Å². The van der Waals surface area contributed by atoms with Gasteiger partial charge in [0.2, 0.25) is 0 Å². The SMILES string of the molecule is [B]C([B])([B])C(=O)c1ccccc1. The number of carbonyl (C=O) groups is 1. The first-order chi connectivity index (χ1) is 5.52. The Morgan fingerprint density at radius 2 is 1.58 bits per heavy atom. The lowest BCUT2D eigenvalue weighted by Crippen LogP contribution is -2.24. The smallest absolute Gasteiger partial charge is 0.144 e. The van der Waals surface area contributed by atoms with E-state index in [0.29, 0.717) is 5.56 Å². The normalized spacial score (nSPS) is 11.0. The molecule has 0 saturated heterocycles. The molecule has 1 nitrogen and oxygen atoms in total. The van der Waals surface area contributed by atoms with Gasteiger partial charge in [0.05, 0.1) is 23.5 Å². The summed E-state index contributed by atoms with van der Waals surface area (Å²) in [5, 5.41) is -1.78. The molecule has 0 atom stereocenters. The number of ketones is 1. The standard InChI is InChI=1S/C8H5B3O/c9-8(10,11)7(12)6-4-2-1-3-5-6/h1-5H. The average molecular weight is 150 g/mol. The van der Waals surface area contributed by atoms with Crippen molar-refractivity contribution in [1.82, 2.24) is 0 Å². The van der Waals surface area contributed by atoms with Crippen LogP contribution in [-0.4, -0.2) is 29.3 Å². The largest absolute Gasteiger partial charge is 0.296 e. The van der Waals surface area contributed by atoms with Crippen molar-refractivity contribution in [1.29, 1.82) is 0 Å². The summed E-state index contributed by atoms with van der Waals surface area (Å²) in [5.74, 6) is -0.469. The molecule has 0 amide bonds. The molecule has 52 valence electrons. The molecule has 0 heterocycles. The Morgan fingerprint density at radius 1 is 1.08 bits per heavy atom.